The molecule has 4 nitrogen and oxygen atoms in total. The van der Waals surface area contributed by atoms with Crippen molar-refractivity contribution in [1.29, 1.82) is 0 Å². The van der Waals surface area contributed by atoms with Crippen molar-refractivity contribution < 1.29 is 0 Å². The minimum Gasteiger partial charge on any atom is -0.374 e. The molecule has 4 heterocycles. The first-order chi connectivity index (χ1) is 25.8. The normalized spacial score (nSPS) is 16.0. The lowest BCUT2D eigenvalue weighted by Crippen LogP contribution is -2.30. The second kappa shape index (κ2) is 10.4. The van der Waals surface area contributed by atoms with Crippen LogP contribution in [0.4, 0.5) is 11.4 Å². The number of nitrogens with zero attached hydrogens (tertiary/aromatic N) is 2. The van der Waals surface area contributed by atoms with Crippen molar-refractivity contribution in [3.8, 4) is 5.69 Å². The molecule has 0 aliphatic carbocycles. The van der Waals surface area contributed by atoms with Crippen LogP contribution in [0.2, 0.25) is 0 Å². The highest BCUT2D eigenvalue weighted by atomic mass is 15.1. The summed E-state index contributed by atoms with van der Waals surface area (Å²) in [5, 5.41) is 18.1. The van der Waals surface area contributed by atoms with Crippen molar-refractivity contribution >= 4 is 82.0 Å². The van der Waals surface area contributed by atoms with Gasteiger partial charge in [0.15, 0.2) is 0 Å². The van der Waals surface area contributed by atoms with E-state index in [9.17, 15) is 0 Å². The van der Waals surface area contributed by atoms with Gasteiger partial charge in [0.25, 0.3) is 0 Å². The summed E-state index contributed by atoms with van der Waals surface area (Å²) in [4.78, 5) is 0. The van der Waals surface area contributed by atoms with E-state index in [2.05, 4.69) is 189 Å². The number of anilines is 2. The molecule has 0 fully saturated rings. The van der Waals surface area contributed by atoms with Crippen LogP contribution in [0.15, 0.2) is 170 Å². The van der Waals surface area contributed by atoms with Crippen LogP contribution >= 0.6 is 0 Å². The Balaban J connectivity index is 1.16. The van der Waals surface area contributed by atoms with Gasteiger partial charge in [-0.2, -0.15) is 0 Å². The zero-order valence-electron chi connectivity index (χ0n) is 28.2. The number of nitrogens with one attached hydrogen (secondary N) is 2. The maximum Gasteiger partial charge on any atom is 0.0764 e. The van der Waals surface area contributed by atoms with Crippen LogP contribution in [0.3, 0.4) is 0 Å². The monoisotopic (exact) mass is 664 g/mol. The molecule has 12 rings (SSSR count). The lowest BCUT2D eigenvalue weighted by molar-refractivity contribution is 0.640. The van der Waals surface area contributed by atoms with Gasteiger partial charge in [-0.1, -0.05) is 127 Å². The summed E-state index contributed by atoms with van der Waals surface area (Å²) < 4.78 is 5.02. The molecule has 0 saturated carbocycles. The average Bonchev–Trinajstić information content (AvgIpc) is 3.69. The lowest BCUT2D eigenvalue weighted by Gasteiger charge is -2.37. The van der Waals surface area contributed by atoms with E-state index in [1.54, 1.807) is 0 Å². The third kappa shape index (κ3) is 3.65. The van der Waals surface area contributed by atoms with E-state index in [1.165, 1.54) is 87.5 Å². The van der Waals surface area contributed by atoms with E-state index in [0.717, 1.165) is 11.4 Å². The number of fused-ring (bicyclic) bond motifs is 7. The van der Waals surface area contributed by atoms with Gasteiger partial charge in [0.05, 0.1) is 56.7 Å². The van der Waals surface area contributed by atoms with E-state index < -0.39 is 0 Å². The highest BCUT2D eigenvalue weighted by Crippen LogP contribution is 2.47. The van der Waals surface area contributed by atoms with Gasteiger partial charge in [0.2, 0.25) is 0 Å². The topological polar surface area (TPSA) is 33.4 Å². The summed E-state index contributed by atoms with van der Waals surface area (Å²) in [5.41, 5.74) is 12.1. The summed E-state index contributed by atoms with van der Waals surface area (Å²) in [5.74, 6) is 0. The minimum absolute atomic E-state index is 0.0131. The van der Waals surface area contributed by atoms with E-state index >= 15 is 0 Å². The summed E-state index contributed by atoms with van der Waals surface area (Å²) >= 11 is 0. The van der Waals surface area contributed by atoms with Crippen LogP contribution in [0.25, 0.3) is 76.4 Å². The zero-order valence-corrected chi connectivity index (χ0v) is 28.2. The summed E-state index contributed by atoms with van der Waals surface area (Å²) in [6.07, 6.45) is 0. The Labute approximate surface area is 299 Å². The standard InChI is InChI=1S/C48H32N4/c1-2-13-29(14-3-1)46-47(50-38-22-8-7-21-37(38)49-46)34-27-28-40(31-16-5-4-15-30(31)34)51-41-24-11-18-33-36-20-10-19-35-32-17-6-9-23-39(32)52(48(35)36)43-26-12-25-42(51)45(43)44(33)41/h1-28,46-47,49-50H. The van der Waals surface area contributed by atoms with Gasteiger partial charge in [0, 0.05) is 32.3 Å². The molecule has 3 aromatic heterocycles. The smallest absolute Gasteiger partial charge is 0.0764 e. The molecular weight excluding hydrogens is 633 g/mol. The van der Waals surface area contributed by atoms with Crippen LogP contribution in [0.5, 0.6) is 0 Å². The van der Waals surface area contributed by atoms with E-state index in [0.29, 0.717) is 0 Å². The SMILES string of the molecule is c1ccc(C2Nc3ccccc3NC2c2ccc(-n3c4cccc5c6cccc7c8ccccc8n(c8cccc3c8c54)c67)c3ccccc23)cc1. The number of aromatic nitrogens is 2. The molecule has 0 radical (unpaired) electrons. The molecule has 8 aromatic carbocycles. The van der Waals surface area contributed by atoms with Gasteiger partial charge in [-0.25, -0.2) is 0 Å². The maximum absolute atomic E-state index is 3.96. The van der Waals surface area contributed by atoms with Gasteiger partial charge < -0.3 is 19.6 Å². The quantitative estimate of drug-likeness (QED) is 0.197. The fourth-order valence-corrected chi connectivity index (χ4v) is 9.45. The Morgan fingerprint density at radius 3 is 1.75 bits per heavy atom. The largest absolute Gasteiger partial charge is 0.374 e. The summed E-state index contributed by atoms with van der Waals surface area (Å²) in [6, 6.07) is 62.4. The van der Waals surface area contributed by atoms with E-state index in [1.807, 2.05) is 0 Å². The van der Waals surface area contributed by atoms with Crippen LogP contribution in [0, 0.1) is 0 Å². The first kappa shape index (κ1) is 28.0. The average molecular weight is 665 g/mol. The third-order valence-electron chi connectivity index (χ3n) is 11.6. The molecule has 11 aromatic rings. The van der Waals surface area contributed by atoms with Gasteiger partial charge >= 0.3 is 0 Å². The Kier molecular flexibility index (Phi) is 5.58. The third-order valence-corrected chi connectivity index (χ3v) is 11.6. The van der Waals surface area contributed by atoms with Crippen LogP contribution in [0.1, 0.15) is 23.2 Å². The fraction of sp³-hybridized carbons (Fsp3) is 0.0417. The molecule has 0 amide bonds. The highest BCUT2D eigenvalue weighted by Gasteiger charge is 2.32. The number of rotatable bonds is 3. The van der Waals surface area contributed by atoms with Gasteiger partial charge in [-0.3, -0.25) is 0 Å². The number of hydrogen-bond donors (Lipinski definition) is 2. The van der Waals surface area contributed by atoms with E-state index in [-0.39, 0.29) is 12.1 Å². The number of benzene rings is 8. The Morgan fingerprint density at radius 2 is 0.923 bits per heavy atom. The first-order valence-corrected chi connectivity index (χ1v) is 18.1. The lowest BCUT2D eigenvalue weighted by atomic mass is 9.87. The highest BCUT2D eigenvalue weighted by molar-refractivity contribution is 6.31. The Hall–Kier alpha value is -6.78. The molecular formula is C48H32N4. The molecule has 52 heavy (non-hydrogen) atoms. The molecule has 2 N–H and O–H groups in total. The number of hydrogen-bond acceptors (Lipinski definition) is 2. The molecule has 0 bridgehead atoms. The summed E-state index contributed by atoms with van der Waals surface area (Å²) in [7, 11) is 0. The van der Waals surface area contributed by atoms with Gasteiger partial charge in [-0.05, 0) is 64.4 Å². The van der Waals surface area contributed by atoms with Crippen molar-refractivity contribution in [3.05, 3.63) is 181 Å². The zero-order chi connectivity index (χ0) is 33.9. The summed E-state index contributed by atoms with van der Waals surface area (Å²) in [6.45, 7) is 0. The van der Waals surface area contributed by atoms with Gasteiger partial charge in [-0.15, -0.1) is 0 Å². The molecule has 2 unspecified atom stereocenters. The van der Waals surface area contributed by atoms with Crippen LogP contribution in [-0.2, 0) is 0 Å². The molecule has 0 spiro atoms. The minimum atomic E-state index is 0.0131. The van der Waals surface area contributed by atoms with Crippen molar-refractivity contribution in [1.82, 2.24) is 8.97 Å². The van der Waals surface area contributed by atoms with Gasteiger partial charge in [0.1, 0.15) is 0 Å². The Bertz CT molecular complexity index is 3200. The van der Waals surface area contributed by atoms with E-state index in [4.69, 9.17) is 0 Å². The molecule has 4 heteroatoms. The number of para-hydroxylation sites is 4. The molecule has 244 valence electrons. The van der Waals surface area contributed by atoms with Crippen molar-refractivity contribution in [2.75, 3.05) is 10.6 Å². The molecule has 1 aliphatic heterocycles. The molecule has 2 atom stereocenters. The predicted molar refractivity (Wildman–Crippen MR) is 219 cm³/mol. The molecule has 0 saturated heterocycles. The maximum atomic E-state index is 3.96. The Morgan fingerprint density at radius 1 is 0.365 bits per heavy atom. The van der Waals surface area contributed by atoms with Crippen molar-refractivity contribution in [3.63, 3.8) is 0 Å². The van der Waals surface area contributed by atoms with Crippen molar-refractivity contribution in [2.24, 2.45) is 0 Å². The first-order valence-electron chi connectivity index (χ1n) is 18.1. The predicted octanol–water partition coefficient (Wildman–Crippen LogP) is 12.4. The van der Waals surface area contributed by atoms with Crippen LogP contribution < -0.4 is 10.6 Å². The second-order valence-corrected chi connectivity index (χ2v) is 14.2. The van der Waals surface area contributed by atoms with Crippen LogP contribution in [-0.4, -0.2) is 8.97 Å². The fourth-order valence-electron chi connectivity index (χ4n) is 9.45. The van der Waals surface area contributed by atoms with Crippen molar-refractivity contribution in [2.45, 2.75) is 12.1 Å². The molecule has 1 aliphatic rings. The second-order valence-electron chi connectivity index (χ2n) is 14.2.